The van der Waals surface area contributed by atoms with Gasteiger partial charge in [0, 0.05) is 11.4 Å². The van der Waals surface area contributed by atoms with E-state index in [1.165, 1.54) is 0 Å². The van der Waals surface area contributed by atoms with Crippen molar-refractivity contribution < 1.29 is 24.2 Å². The zero-order valence-corrected chi connectivity index (χ0v) is 17.6. The number of aliphatic hydroxyl groups is 1. The predicted octanol–water partition coefficient (Wildman–Crippen LogP) is 3.72. The molecule has 0 aromatic heterocycles. The quantitative estimate of drug-likeness (QED) is 0.672. The molecule has 0 saturated carbocycles. The molecule has 1 aromatic carbocycles. The lowest BCUT2D eigenvalue weighted by Gasteiger charge is -2.31. The number of nitrogens with one attached hydrogen (secondary N) is 1. The van der Waals surface area contributed by atoms with Gasteiger partial charge in [0.05, 0.1) is 39.8 Å². The van der Waals surface area contributed by atoms with Gasteiger partial charge in [-0.15, -0.1) is 0 Å². The van der Waals surface area contributed by atoms with Gasteiger partial charge in [0.15, 0.2) is 0 Å². The summed E-state index contributed by atoms with van der Waals surface area (Å²) in [6.45, 7) is 6.42. The van der Waals surface area contributed by atoms with Crippen molar-refractivity contribution in [2.24, 2.45) is 0 Å². The van der Waals surface area contributed by atoms with E-state index in [1.54, 1.807) is 45.9 Å². The highest BCUT2D eigenvalue weighted by Gasteiger charge is 2.39. The van der Waals surface area contributed by atoms with E-state index in [9.17, 15) is 9.59 Å². The topological polar surface area (TPSA) is 84.9 Å². The number of benzene rings is 1. The fraction of sp³-hybridized carbons (Fsp3) is 0.400. The second-order valence-electron chi connectivity index (χ2n) is 6.59. The summed E-state index contributed by atoms with van der Waals surface area (Å²) in [7, 11) is 0. The average molecular weight is 428 g/mol. The van der Waals surface area contributed by atoms with E-state index in [1.807, 2.05) is 0 Å². The molecule has 0 radical (unpaired) electrons. The molecule has 28 heavy (non-hydrogen) atoms. The minimum atomic E-state index is -0.829. The highest BCUT2D eigenvalue weighted by molar-refractivity contribution is 6.42. The third kappa shape index (κ3) is 4.69. The highest BCUT2D eigenvalue weighted by Crippen LogP contribution is 2.43. The first-order chi connectivity index (χ1) is 13.2. The first-order valence-electron chi connectivity index (χ1n) is 8.80. The zero-order chi connectivity index (χ0) is 21.0. The van der Waals surface area contributed by atoms with Crippen molar-refractivity contribution in [2.45, 2.75) is 39.7 Å². The molecule has 0 aliphatic carbocycles. The minimum absolute atomic E-state index is 0.167. The normalized spacial score (nSPS) is 16.9. The molecule has 0 amide bonds. The Hall–Kier alpha value is -2.02. The van der Waals surface area contributed by atoms with Crippen LogP contribution in [0.2, 0.25) is 10.0 Å². The second-order valence-corrected chi connectivity index (χ2v) is 7.38. The molecule has 1 atom stereocenters. The van der Waals surface area contributed by atoms with E-state index < -0.39 is 17.9 Å². The molecule has 152 valence electrons. The van der Waals surface area contributed by atoms with E-state index in [-0.39, 0.29) is 35.5 Å². The van der Waals surface area contributed by atoms with E-state index in [4.69, 9.17) is 37.8 Å². The SMILES string of the molecule is CC1=C(C(=O)OCCO)C(c2cccc(Cl)c2Cl)C(C(=O)OC(C)C)=C(C)N1. The lowest BCUT2D eigenvalue weighted by molar-refractivity contribution is -0.143. The van der Waals surface area contributed by atoms with Gasteiger partial charge >= 0.3 is 11.9 Å². The molecule has 1 aromatic rings. The van der Waals surface area contributed by atoms with Crippen LogP contribution in [0.4, 0.5) is 0 Å². The fourth-order valence-electron chi connectivity index (χ4n) is 3.08. The van der Waals surface area contributed by atoms with Gasteiger partial charge in [-0.2, -0.15) is 0 Å². The van der Waals surface area contributed by atoms with Crippen LogP contribution in [-0.4, -0.2) is 36.4 Å². The van der Waals surface area contributed by atoms with Gasteiger partial charge in [0.2, 0.25) is 0 Å². The highest BCUT2D eigenvalue weighted by atomic mass is 35.5. The zero-order valence-electron chi connectivity index (χ0n) is 16.1. The molecular weight excluding hydrogens is 405 g/mol. The van der Waals surface area contributed by atoms with Gasteiger partial charge in [-0.3, -0.25) is 0 Å². The molecule has 1 unspecified atom stereocenters. The largest absolute Gasteiger partial charge is 0.460 e. The van der Waals surface area contributed by atoms with Crippen LogP contribution in [0.5, 0.6) is 0 Å². The van der Waals surface area contributed by atoms with Gasteiger partial charge in [0.25, 0.3) is 0 Å². The number of aliphatic hydroxyl groups excluding tert-OH is 1. The lowest BCUT2D eigenvalue weighted by atomic mass is 9.80. The number of ether oxygens (including phenoxy) is 2. The van der Waals surface area contributed by atoms with Crippen molar-refractivity contribution >= 4 is 35.1 Å². The van der Waals surface area contributed by atoms with Crippen molar-refractivity contribution in [3.05, 3.63) is 56.3 Å². The Kier molecular flexibility index (Phi) is 7.52. The van der Waals surface area contributed by atoms with E-state index in [0.717, 1.165) is 0 Å². The first-order valence-corrected chi connectivity index (χ1v) is 9.56. The number of carbonyl (C=O) groups excluding carboxylic acids is 2. The molecule has 1 aliphatic heterocycles. The van der Waals surface area contributed by atoms with Crippen LogP contribution >= 0.6 is 23.2 Å². The Morgan fingerprint density at radius 3 is 2.32 bits per heavy atom. The third-order valence-electron chi connectivity index (χ3n) is 4.16. The summed E-state index contributed by atoms with van der Waals surface area (Å²) in [5, 5.41) is 12.6. The molecule has 0 fully saturated rings. The van der Waals surface area contributed by atoms with Crippen LogP contribution in [0.25, 0.3) is 0 Å². The van der Waals surface area contributed by atoms with E-state index >= 15 is 0 Å². The summed E-state index contributed by atoms with van der Waals surface area (Å²) < 4.78 is 10.5. The Labute approximate surface area is 174 Å². The average Bonchev–Trinajstić information content (AvgIpc) is 2.60. The molecule has 8 heteroatoms. The van der Waals surface area contributed by atoms with E-state index in [2.05, 4.69) is 5.32 Å². The Morgan fingerprint density at radius 2 is 1.75 bits per heavy atom. The molecule has 0 spiro atoms. The Morgan fingerprint density at radius 1 is 1.14 bits per heavy atom. The van der Waals surface area contributed by atoms with E-state index in [0.29, 0.717) is 22.0 Å². The third-order valence-corrected chi connectivity index (χ3v) is 4.99. The number of allylic oxidation sites excluding steroid dienone is 2. The number of dihydropyridines is 1. The molecule has 2 N–H and O–H groups in total. The summed E-state index contributed by atoms with van der Waals surface area (Å²) in [5.41, 5.74) is 2.00. The van der Waals surface area contributed by atoms with Gasteiger partial charge in [0.1, 0.15) is 6.61 Å². The number of rotatable bonds is 6. The molecule has 0 bridgehead atoms. The molecule has 2 rings (SSSR count). The van der Waals surface area contributed by atoms with Crippen molar-refractivity contribution in [2.75, 3.05) is 13.2 Å². The molecule has 0 saturated heterocycles. The monoisotopic (exact) mass is 427 g/mol. The predicted molar refractivity (Wildman–Crippen MR) is 107 cm³/mol. The second kappa shape index (κ2) is 9.45. The summed E-state index contributed by atoms with van der Waals surface area (Å²) in [6, 6.07) is 5.02. The number of hydrogen-bond acceptors (Lipinski definition) is 6. The Bertz CT molecular complexity index is 845. The summed E-state index contributed by atoms with van der Waals surface area (Å²) in [5.74, 6) is -2.06. The molecule has 6 nitrogen and oxygen atoms in total. The van der Waals surface area contributed by atoms with Crippen molar-refractivity contribution in [1.82, 2.24) is 5.32 Å². The maximum atomic E-state index is 12.9. The maximum Gasteiger partial charge on any atom is 0.337 e. The number of halogens is 2. The number of hydrogen-bond donors (Lipinski definition) is 2. The summed E-state index contributed by atoms with van der Waals surface area (Å²) >= 11 is 12.6. The summed E-state index contributed by atoms with van der Waals surface area (Å²) in [4.78, 5) is 25.6. The van der Waals surface area contributed by atoms with Crippen molar-refractivity contribution in [3.63, 3.8) is 0 Å². The van der Waals surface area contributed by atoms with Crippen molar-refractivity contribution in [3.8, 4) is 0 Å². The molecule has 1 aliphatic rings. The van der Waals surface area contributed by atoms with Gasteiger partial charge in [-0.1, -0.05) is 35.3 Å². The minimum Gasteiger partial charge on any atom is -0.460 e. The van der Waals surface area contributed by atoms with Crippen LogP contribution in [0.15, 0.2) is 40.7 Å². The fourth-order valence-corrected chi connectivity index (χ4v) is 3.50. The van der Waals surface area contributed by atoms with Gasteiger partial charge in [-0.25, -0.2) is 9.59 Å². The lowest BCUT2D eigenvalue weighted by Crippen LogP contribution is -2.33. The van der Waals surface area contributed by atoms with Crippen LogP contribution in [0.1, 0.15) is 39.2 Å². The number of carbonyl (C=O) groups is 2. The van der Waals surface area contributed by atoms with Crippen molar-refractivity contribution in [1.29, 1.82) is 0 Å². The Balaban J connectivity index is 2.67. The molecular formula is C20H23Cl2NO5. The van der Waals surface area contributed by atoms with Crippen LogP contribution in [0, 0.1) is 0 Å². The summed E-state index contributed by atoms with van der Waals surface area (Å²) in [6.07, 6.45) is -0.347. The van der Waals surface area contributed by atoms with Crippen LogP contribution in [-0.2, 0) is 19.1 Å². The smallest absolute Gasteiger partial charge is 0.337 e. The standard InChI is InChI=1S/C20H23Cl2NO5/c1-10(2)28-20(26)16-12(4)23-11(3)15(19(25)27-9-8-24)17(16)13-6-5-7-14(21)18(13)22/h5-7,10,17,23-24H,8-9H2,1-4H3. The van der Waals surface area contributed by atoms with Crippen LogP contribution in [0.3, 0.4) is 0 Å². The maximum absolute atomic E-state index is 12.9. The van der Waals surface area contributed by atoms with Gasteiger partial charge in [-0.05, 0) is 39.3 Å². The van der Waals surface area contributed by atoms with Gasteiger partial charge < -0.3 is 19.9 Å². The first kappa shape index (κ1) is 22.3. The molecule has 1 heterocycles. The van der Waals surface area contributed by atoms with Crippen LogP contribution < -0.4 is 5.32 Å². The number of esters is 2.